The standard InChI is InChI=1S/C26H21FIN5O3/c1-13-22(30-19-5-3-4-18-16(19)10-11-29-18)21-23(31(2)24(13)34)33(20-9-6-14(28)12-17(20)27)26(36)32(25(21)35)15-7-8-15/h3-6,9-12,15,29-30H,7-8H2,1-2H3. The Labute approximate surface area is 217 Å². The molecule has 0 bridgehead atoms. The van der Waals surface area contributed by atoms with Crippen LogP contribution in [0, 0.1) is 16.3 Å². The van der Waals surface area contributed by atoms with Crippen LogP contribution in [-0.4, -0.2) is 18.7 Å². The van der Waals surface area contributed by atoms with Gasteiger partial charge in [0.15, 0.2) is 0 Å². The van der Waals surface area contributed by atoms with E-state index in [2.05, 4.69) is 10.3 Å². The number of benzene rings is 2. The van der Waals surface area contributed by atoms with Crippen molar-refractivity contribution >= 4 is 55.9 Å². The Morgan fingerprint density at radius 1 is 1.08 bits per heavy atom. The van der Waals surface area contributed by atoms with Crippen molar-refractivity contribution in [2.24, 2.45) is 7.05 Å². The van der Waals surface area contributed by atoms with Crippen LogP contribution in [0.5, 0.6) is 0 Å². The number of hydrogen-bond acceptors (Lipinski definition) is 4. The van der Waals surface area contributed by atoms with E-state index >= 15 is 4.39 Å². The average Bonchev–Trinajstić information content (AvgIpc) is 3.55. The molecule has 1 fully saturated rings. The lowest BCUT2D eigenvalue weighted by Gasteiger charge is -2.21. The molecule has 2 N–H and O–H groups in total. The van der Waals surface area contributed by atoms with Crippen molar-refractivity contribution in [1.29, 1.82) is 0 Å². The van der Waals surface area contributed by atoms with Gasteiger partial charge in [-0.25, -0.2) is 13.8 Å². The molecule has 6 rings (SSSR count). The molecule has 1 saturated carbocycles. The maximum absolute atomic E-state index is 15.2. The molecule has 10 heteroatoms. The molecule has 2 aromatic carbocycles. The highest BCUT2D eigenvalue weighted by molar-refractivity contribution is 14.1. The molecule has 1 aliphatic carbocycles. The number of halogens is 2. The van der Waals surface area contributed by atoms with Crippen LogP contribution in [0.15, 0.2) is 63.0 Å². The minimum absolute atomic E-state index is 0.0163. The first-order valence-electron chi connectivity index (χ1n) is 11.5. The second kappa shape index (κ2) is 8.19. The van der Waals surface area contributed by atoms with Gasteiger partial charge in [0.05, 0.1) is 11.4 Å². The topological polar surface area (TPSA) is 93.8 Å². The van der Waals surface area contributed by atoms with Crippen molar-refractivity contribution in [1.82, 2.24) is 18.7 Å². The lowest BCUT2D eigenvalue weighted by atomic mass is 10.1. The molecule has 182 valence electrons. The first kappa shape index (κ1) is 22.8. The fourth-order valence-electron chi connectivity index (χ4n) is 4.81. The Morgan fingerprint density at radius 2 is 1.86 bits per heavy atom. The SMILES string of the molecule is Cc1c(Nc2cccc3[nH]ccc23)c2c(=O)n(C3CC3)c(=O)n(-c3ccc(I)cc3F)c2n(C)c1=O. The molecule has 0 spiro atoms. The van der Waals surface area contributed by atoms with Gasteiger partial charge in [0, 0.05) is 45.0 Å². The Kier molecular flexibility index (Phi) is 5.18. The zero-order valence-corrected chi connectivity index (χ0v) is 21.6. The molecular weight excluding hydrogens is 576 g/mol. The number of nitrogens with one attached hydrogen (secondary N) is 2. The minimum Gasteiger partial charge on any atom is -0.361 e. The summed E-state index contributed by atoms with van der Waals surface area (Å²) in [7, 11) is 1.50. The number of hydrogen-bond donors (Lipinski definition) is 2. The zero-order valence-electron chi connectivity index (χ0n) is 19.4. The van der Waals surface area contributed by atoms with E-state index in [-0.39, 0.29) is 22.8 Å². The number of pyridine rings is 1. The number of anilines is 2. The summed E-state index contributed by atoms with van der Waals surface area (Å²) in [5.74, 6) is -0.620. The summed E-state index contributed by atoms with van der Waals surface area (Å²) < 4.78 is 19.5. The quantitative estimate of drug-likeness (QED) is 0.300. The van der Waals surface area contributed by atoms with Gasteiger partial charge < -0.3 is 10.3 Å². The van der Waals surface area contributed by atoms with Crippen molar-refractivity contribution in [2.75, 3.05) is 5.32 Å². The predicted molar refractivity (Wildman–Crippen MR) is 146 cm³/mol. The van der Waals surface area contributed by atoms with Gasteiger partial charge in [0.1, 0.15) is 16.9 Å². The second-order valence-electron chi connectivity index (χ2n) is 9.05. The van der Waals surface area contributed by atoms with Crippen LogP contribution in [0.3, 0.4) is 0 Å². The monoisotopic (exact) mass is 597 g/mol. The van der Waals surface area contributed by atoms with Gasteiger partial charge in [-0.15, -0.1) is 0 Å². The maximum Gasteiger partial charge on any atom is 0.337 e. The number of rotatable bonds is 4. The van der Waals surface area contributed by atoms with E-state index in [0.29, 0.717) is 33.4 Å². The molecule has 0 saturated heterocycles. The number of nitrogens with zero attached hydrogens (tertiary/aromatic N) is 3. The Hall–Kier alpha value is -3.67. The average molecular weight is 597 g/mol. The summed E-state index contributed by atoms with van der Waals surface area (Å²) in [5, 5.41) is 4.34. The van der Waals surface area contributed by atoms with Crippen LogP contribution in [0.2, 0.25) is 0 Å². The van der Waals surface area contributed by atoms with Crippen LogP contribution >= 0.6 is 22.6 Å². The van der Waals surface area contributed by atoms with E-state index in [1.165, 1.54) is 28.3 Å². The summed E-state index contributed by atoms with van der Waals surface area (Å²) in [5.41, 5.74) is 0.689. The van der Waals surface area contributed by atoms with Crippen molar-refractivity contribution in [3.05, 3.63) is 94.8 Å². The first-order valence-corrected chi connectivity index (χ1v) is 12.5. The van der Waals surface area contributed by atoms with Crippen LogP contribution in [0.25, 0.3) is 27.6 Å². The highest BCUT2D eigenvalue weighted by atomic mass is 127. The molecule has 0 aliphatic heterocycles. The summed E-state index contributed by atoms with van der Waals surface area (Å²) in [4.78, 5) is 44.1. The van der Waals surface area contributed by atoms with Crippen LogP contribution in [0.1, 0.15) is 24.4 Å². The smallest absolute Gasteiger partial charge is 0.337 e. The van der Waals surface area contributed by atoms with Gasteiger partial charge >= 0.3 is 5.69 Å². The van der Waals surface area contributed by atoms with Crippen molar-refractivity contribution in [3.63, 3.8) is 0 Å². The van der Waals surface area contributed by atoms with Crippen molar-refractivity contribution in [3.8, 4) is 5.69 Å². The molecule has 5 aromatic rings. The Balaban J connectivity index is 1.78. The molecule has 0 atom stereocenters. The molecule has 0 radical (unpaired) electrons. The molecule has 0 unspecified atom stereocenters. The molecule has 1 aliphatic rings. The lowest BCUT2D eigenvalue weighted by molar-refractivity contribution is 0.596. The number of fused-ring (bicyclic) bond motifs is 2. The van der Waals surface area contributed by atoms with E-state index in [1.54, 1.807) is 13.0 Å². The third-order valence-corrected chi connectivity index (χ3v) is 7.42. The number of aromatic nitrogens is 4. The fourth-order valence-corrected chi connectivity index (χ4v) is 5.26. The van der Waals surface area contributed by atoms with E-state index in [1.807, 2.05) is 53.1 Å². The first-order chi connectivity index (χ1) is 17.3. The van der Waals surface area contributed by atoms with E-state index in [0.717, 1.165) is 15.5 Å². The highest BCUT2D eigenvalue weighted by Crippen LogP contribution is 2.35. The Morgan fingerprint density at radius 3 is 2.58 bits per heavy atom. The number of aryl methyl sites for hydroxylation is 1. The lowest BCUT2D eigenvalue weighted by Crippen LogP contribution is -2.42. The number of aromatic amines is 1. The molecule has 3 heterocycles. The van der Waals surface area contributed by atoms with Gasteiger partial charge in [0.2, 0.25) is 0 Å². The van der Waals surface area contributed by atoms with Gasteiger partial charge in [-0.1, -0.05) is 6.07 Å². The normalized spacial score (nSPS) is 13.6. The summed E-state index contributed by atoms with van der Waals surface area (Å²) >= 11 is 1.99. The molecule has 8 nitrogen and oxygen atoms in total. The molecular formula is C26H21FIN5O3. The van der Waals surface area contributed by atoms with Crippen LogP contribution < -0.4 is 22.1 Å². The van der Waals surface area contributed by atoms with Crippen molar-refractivity contribution in [2.45, 2.75) is 25.8 Å². The van der Waals surface area contributed by atoms with Gasteiger partial charge in [-0.3, -0.25) is 18.7 Å². The van der Waals surface area contributed by atoms with E-state index in [4.69, 9.17) is 0 Å². The van der Waals surface area contributed by atoms with Gasteiger partial charge in [-0.05, 0) is 78.8 Å². The Bertz CT molecular complexity index is 1900. The largest absolute Gasteiger partial charge is 0.361 e. The fraction of sp³-hybridized carbons (Fsp3) is 0.192. The zero-order chi connectivity index (χ0) is 25.3. The van der Waals surface area contributed by atoms with Gasteiger partial charge in [0.25, 0.3) is 11.1 Å². The second-order valence-corrected chi connectivity index (χ2v) is 10.3. The molecule has 36 heavy (non-hydrogen) atoms. The molecule has 3 aromatic heterocycles. The summed E-state index contributed by atoms with van der Waals surface area (Å²) in [6.07, 6.45) is 3.18. The highest BCUT2D eigenvalue weighted by Gasteiger charge is 2.32. The van der Waals surface area contributed by atoms with Crippen LogP contribution in [-0.2, 0) is 7.05 Å². The third kappa shape index (κ3) is 3.34. The van der Waals surface area contributed by atoms with E-state index in [9.17, 15) is 14.4 Å². The van der Waals surface area contributed by atoms with Gasteiger partial charge in [-0.2, -0.15) is 0 Å². The van der Waals surface area contributed by atoms with Crippen molar-refractivity contribution < 1.29 is 4.39 Å². The minimum atomic E-state index is -0.660. The third-order valence-electron chi connectivity index (χ3n) is 6.75. The summed E-state index contributed by atoms with van der Waals surface area (Å²) in [6.45, 7) is 1.64. The van der Waals surface area contributed by atoms with E-state index < -0.39 is 22.6 Å². The maximum atomic E-state index is 15.2. The van der Waals surface area contributed by atoms with Crippen LogP contribution in [0.4, 0.5) is 15.8 Å². The molecule has 0 amide bonds. The summed E-state index contributed by atoms with van der Waals surface area (Å²) in [6, 6.07) is 11.8. The number of H-pyrrole nitrogens is 1. The predicted octanol–water partition coefficient (Wildman–Crippen LogP) is 4.46.